The second-order valence-electron chi connectivity index (χ2n) is 4.30. The molecule has 1 saturated heterocycles. The van der Waals surface area contributed by atoms with E-state index in [1.165, 1.54) is 45.3 Å². The summed E-state index contributed by atoms with van der Waals surface area (Å²) >= 11 is 3.39. The fourth-order valence-electron chi connectivity index (χ4n) is 2.09. The molecule has 0 aromatic rings. The summed E-state index contributed by atoms with van der Waals surface area (Å²) < 4.78 is 10.8. The Kier molecular flexibility index (Phi) is 8.47. The molecule has 3 nitrogen and oxygen atoms in total. The van der Waals surface area contributed by atoms with Crippen molar-refractivity contribution >= 4 is 15.9 Å². The van der Waals surface area contributed by atoms with Crippen LogP contribution in [0.5, 0.6) is 0 Å². The number of rotatable bonds is 8. The highest BCUT2D eigenvalue weighted by Crippen LogP contribution is 2.14. The van der Waals surface area contributed by atoms with Gasteiger partial charge in [-0.2, -0.15) is 0 Å². The second kappa shape index (κ2) is 9.40. The molecule has 0 unspecified atom stereocenters. The van der Waals surface area contributed by atoms with E-state index in [2.05, 4.69) is 20.8 Å². The van der Waals surface area contributed by atoms with Crippen molar-refractivity contribution in [2.75, 3.05) is 45.3 Å². The van der Waals surface area contributed by atoms with Crippen LogP contribution in [0.1, 0.15) is 25.7 Å². The van der Waals surface area contributed by atoms with E-state index in [-0.39, 0.29) is 0 Å². The lowest BCUT2D eigenvalue weighted by molar-refractivity contribution is 0.0153. The van der Waals surface area contributed by atoms with Crippen LogP contribution in [0.3, 0.4) is 0 Å². The zero-order chi connectivity index (χ0) is 11.6. The van der Waals surface area contributed by atoms with Crippen molar-refractivity contribution < 1.29 is 9.47 Å². The summed E-state index contributed by atoms with van der Waals surface area (Å²) in [7, 11) is 1.77. The molecule has 1 heterocycles. The van der Waals surface area contributed by atoms with Gasteiger partial charge in [0.2, 0.25) is 0 Å². The highest BCUT2D eigenvalue weighted by atomic mass is 79.9. The number of hydrogen-bond donors (Lipinski definition) is 0. The summed E-state index contributed by atoms with van der Waals surface area (Å²) in [4.78, 5) is 2.55. The largest absolute Gasteiger partial charge is 0.385 e. The first-order chi connectivity index (χ1) is 7.86. The van der Waals surface area contributed by atoms with E-state index >= 15 is 0 Å². The number of methoxy groups -OCH3 is 1. The zero-order valence-electron chi connectivity index (χ0n) is 10.3. The van der Waals surface area contributed by atoms with E-state index in [0.29, 0.717) is 6.10 Å². The molecule has 16 heavy (non-hydrogen) atoms. The third-order valence-electron chi connectivity index (χ3n) is 3.04. The first kappa shape index (κ1) is 14.4. The van der Waals surface area contributed by atoms with Crippen LogP contribution in [0.2, 0.25) is 0 Å². The molecule has 0 spiro atoms. The van der Waals surface area contributed by atoms with Gasteiger partial charge >= 0.3 is 0 Å². The van der Waals surface area contributed by atoms with Crippen LogP contribution in [-0.2, 0) is 9.47 Å². The van der Waals surface area contributed by atoms with Crippen LogP contribution >= 0.6 is 15.9 Å². The van der Waals surface area contributed by atoms with Crippen LogP contribution in [-0.4, -0.2) is 56.3 Å². The van der Waals surface area contributed by atoms with Crippen molar-refractivity contribution in [1.29, 1.82) is 0 Å². The third kappa shape index (κ3) is 6.18. The summed E-state index contributed by atoms with van der Waals surface area (Å²) in [6.07, 6.45) is 5.30. The van der Waals surface area contributed by atoms with Gasteiger partial charge in [0.05, 0.1) is 12.7 Å². The fourth-order valence-corrected chi connectivity index (χ4v) is 2.28. The third-order valence-corrected chi connectivity index (χ3v) is 3.36. The molecule has 1 fully saturated rings. The summed E-state index contributed by atoms with van der Waals surface area (Å²) in [6, 6.07) is 0. The van der Waals surface area contributed by atoms with Crippen LogP contribution in [0.15, 0.2) is 0 Å². The summed E-state index contributed by atoms with van der Waals surface area (Å²) in [6.45, 7) is 5.34. The van der Waals surface area contributed by atoms with Gasteiger partial charge in [0.15, 0.2) is 0 Å². The molecule has 96 valence electrons. The Balaban J connectivity index is 1.98. The van der Waals surface area contributed by atoms with Crippen molar-refractivity contribution in [2.24, 2.45) is 0 Å². The molecule has 0 aromatic heterocycles. The summed E-state index contributed by atoms with van der Waals surface area (Å²) in [5.41, 5.74) is 0. The Bertz CT molecular complexity index is 161. The molecule has 0 N–H and O–H groups in total. The predicted molar refractivity (Wildman–Crippen MR) is 70.3 cm³/mol. The Labute approximate surface area is 108 Å². The van der Waals surface area contributed by atoms with Gasteiger partial charge in [-0.15, -0.1) is 0 Å². The van der Waals surface area contributed by atoms with Gasteiger partial charge in [0.25, 0.3) is 0 Å². The Morgan fingerprint density at radius 3 is 2.56 bits per heavy atom. The van der Waals surface area contributed by atoms with Gasteiger partial charge in [-0.3, -0.25) is 0 Å². The van der Waals surface area contributed by atoms with Gasteiger partial charge in [0.1, 0.15) is 0 Å². The number of ether oxygens (including phenoxy) is 2. The Morgan fingerprint density at radius 2 is 1.94 bits per heavy atom. The first-order valence-electron chi connectivity index (χ1n) is 6.25. The molecule has 0 saturated carbocycles. The van der Waals surface area contributed by atoms with Crippen LogP contribution in [0, 0.1) is 0 Å². The standard InChI is InChI=1S/C12H24BrNO2/c1-15-10-3-2-7-14-8-4-12(5-9-14)16-11-6-13/h12H,2-11H2,1H3. The van der Waals surface area contributed by atoms with Gasteiger partial charge in [-0.1, -0.05) is 15.9 Å². The number of halogens is 1. The molecule has 1 rings (SSSR count). The number of likely N-dealkylation sites (tertiary alicyclic amines) is 1. The van der Waals surface area contributed by atoms with Gasteiger partial charge in [-0.05, 0) is 32.2 Å². The molecule has 1 aliphatic heterocycles. The van der Waals surface area contributed by atoms with Crippen LogP contribution in [0.25, 0.3) is 0 Å². The average Bonchev–Trinajstić information content (AvgIpc) is 2.33. The van der Waals surface area contributed by atoms with E-state index in [1.807, 2.05) is 0 Å². The van der Waals surface area contributed by atoms with E-state index in [0.717, 1.165) is 18.5 Å². The maximum Gasteiger partial charge on any atom is 0.0599 e. The number of unbranched alkanes of at least 4 members (excludes halogenated alkanes) is 1. The SMILES string of the molecule is COCCCCN1CCC(OCCBr)CC1. The average molecular weight is 294 g/mol. The number of piperidine rings is 1. The Morgan fingerprint density at radius 1 is 1.19 bits per heavy atom. The zero-order valence-corrected chi connectivity index (χ0v) is 11.9. The minimum Gasteiger partial charge on any atom is -0.385 e. The highest BCUT2D eigenvalue weighted by Gasteiger charge is 2.18. The van der Waals surface area contributed by atoms with E-state index in [9.17, 15) is 0 Å². The number of hydrogen-bond acceptors (Lipinski definition) is 3. The second-order valence-corrected chi connectivity index (χ2v) is 5.09. The molecule has 4 heteroatoms. The molecule has 0 radical (unpaired) electrons. The molecule has 0 aromatic carbocycles. The lowest BCUT2D eigenvalue weighted by Gasteiger charge is -2.31. The quantitative estimate of drug-likeness (QED) is 0.506. The minimum atomic E-state index is 0.493. The highest BCUT2D eigenvalue weighted by molar-refractivity contribution is 9.09. The van der Waals surface area contributed by atoms with Crippen molar-refractivity contribution in [3.8, 4) is 0 Å². The smallest absolute Gasteiger partial charge is 0.0599 e. The van der Waals surface area contributed by atoms with E-state index in [1.54, 1.807) is 7.11 Å². The Hall–Kier alpha value is 0.360. The van der Waals surface area contributed by atoms with Crippen LogP contribution < -0.4 is 0 Å². The van der Waals surface area contributed by atoms with Crippen molar-refractivity contribution in [1.82, 2.24) is 4.90 Å². The first-order valence-corrected chi connectivity index (χ1v) is 7.38. The maximum atomic E-state index is 5.73. The topological polar surface area (TPSA) is 21.7 Å². The minimum absolute atomic E-state index is 0.493. The number of nitrogens with zero attached hydrogens (tertiary/aromatic N) is 1. The number of alkyl halides is 1. The van der Waals surface area contributed by atoms with Gasteiger partial charge in [-0.25, -0.2) is 0 Å². The molecule has 1 aliphatic rings. The van der Waals surface area contributed by atoms with Crippen LogP contribution in [0.4, 0.5) is 0 Å². The normalized spacial score (nSPS) is 19.1. The van der Waals surface area contributed by atoms with Crippen molar-refractivity contribution in [2.45, 2.75) is 31.8 Å². The lowest BCUT2D eigenvalue weighted by atomic mass is 10.1. The molecule has 0 bridgehead atoms. The molecule has 0 amide bonds. The van der Waals surface area contributed by atoms with Crippen molar-refractivity contribution in [3.63, 3.8) is 0 Å². The predicted octanol–water partition coefficient (Wildman–Crippen LogP) is 2.29. The maximum absolute atomic E-state index is 5.73. The molecular weight excluding hydrogens is 270 g/mol. The van der Waals surface area contributed by atoms with Gasteiger partial charge < -0.3 is 14.4 Å². The molecular formula is C12H24BrNO2. The van der Waals surface area contributed by atoms with Gasteiger partial charge in [0, 0.05) is 32.1 Å². The van der Waals surface area contributed by atoms with Crippen molar-refractivity contribution in [3.05, 3.63) is 0 Å². The lowest BCUT2D eigenvalue weighted by Crippen LogP contribution is -2.37. The van der Waals surface area contributed by atoms with E-state index < -0.39 is 0 Å². The fraction of sp³-hybridized carbons (Fsp3) is 1.00. The molecule has 0 atom stereocenters. The van der Waals surface area contributed by atoms with E-state index in [4.69, 9.17) is 9.47 Å². The molecule has 0 aliphatic carbocycles. The summed E-state index contributed by atoms with van der Waals surface area (Å²) in [5.74, 6) is 0. The summed E-state index contributed by atoms with van der Waals surface area (Å²) in [5, 5.41) is 0.949. The monoisotopic (exact) mass is 293 g/mol.